The predicted molar refractivity (Wildman–Crippen MR) is 95.8 cm³/mol. The number of halogens is 3. The Morgan fingerprint density at radius 3 is 2.64 bits per heavy atom. The Bertz CT molecular complexity index is 790. The van der Waals surface area contributed by atoms with Gasteiger partial charge in [-0.15, -0.1) is 6.42 Å². The molecule has 1 aromatic rings. The van der Waals surface area contributed by atoms with Crippen LogP contribution in [-0.4, -0.2) is 12.8 Å². The minimum atomic E-state index is -0.929. The van der Waals surface area contributed by atoms with E-state index in [2.05, 4.69) is 5.92 Å². The second-order valence-corrected chi connectivity index (χ2v) is 7.91. The number of benzene rings is 1. The number of terminal acetylenes is 1. The number of rotatable bonds is 4. The first-order valence-corrected chi connectivity index (χ1v) is 8.67. The largest absolute Gasteiger partial charge is 0.454 e. The number of esters is 1. The molecule has 0 bridgehead atoms. The zero-order valence-corrected chi connectivity index (χ0v) is 15.8. The van der Waals surface area contributed by atoms with Crippen molar-refractivity contribution in [3.8, 4) is 23.8 Å². The first kappa shape index (κ1) is 18.3. The summed E-state index contributed by atoms with van der Waals surface area (Å²) in [5.74, 6) is 2.60. The number of carbonyl (C=O) groups excluding carboxylic acids is 1. The lowest BCUT2D eigenvalue weighted by Gasteiger charge is -2.15. The molecule has 1 aliphatic heterocycles. The maximum Gasteiger partial charge on any atom is 0.311 e. The standard InChI is InChI=1S/C18H15Cl3O4/c1-4-12(9-5-13-14(7-11(9)19)24-8-23-13)25-17(22)16-10(6-15(20)21)18(16,2)3/h1,5-7,10,12,16H,8H2,2-3H3. The second-order valence-electron chi connectivity index (χ2n) is 6.49. The molecule has 3 unspecified atom stereocenters. The fourth-order valence-corrected chi connectivity index (χ4v) is 3.61. The van der Waals surface area contributed by atoms with Crippen LogP contribution in [0.4, 0.5) is 0 Å². The average molecular weight is 402 g/mol. The Morgan fingerprint density at radius 2 is 2.04 bits per heavy atom. The van der Waals surface area contributed by atoms with Gasteiger partial charge in [-0.2, -0.15) is 0 Å². The van der Waals surface area contributed by atoms with Gasteiger partial charge in [-0.25, -0.2) is 0 Å². The molecule has 0 aromatic heterocycles. The summed E-state index contributed by atoms with van der Waals surface area (Å²) < 4.78 is 16.2. The van der Waals surface area contributed by atoms with Crippen molar-refractivity contribution < 1.29 is 19.0 Å². The van der Waals surface area contributed by atoms with Crippen LogP contribution in [0.1, 0.15) is 25.5 Å². The van der Waals surface area contributed by atoms with Crippen molar-refractivity contribution in [2.45, 2.75) is 20.0 Å². The molecule has 0 N–H and O–H groups in total. The molecule has 25 heavy (non-hydrogen) atoms. The van der Waals surface area contributed by atoms with Crippen LogP contribution in [0.15, 0.2) is 22.7 Å². The third-order valence-corrected chi connectivity index (χ3v) is 5.21. The number of ether oxygens (including phenoxy) is 3. The number of hydrogen-bond donors (Lipinski definition) is 0. The van der Waals surface area contributed by atoms with Gasteiger partial charge in [0.05, 0.1) is 10.9 Å². The van der Waals surface area contributed by atoms with Gasteiger partial charge in [0.1, 0.15) is 4.49 Å². The smallest absolute Gasteiger partial charge is 0.311 e. The quantitative estimate of drug-likeness (QED) is 0.533. The first-order valence-electron chi connectivity index (χ1n) is 7.54. The molecule has 1 heterocycles. The first-order chi connectivity index (χ1) is 11.8. The van der Waals surface area contributed by atoms with Crippen molar-refractivity contribution in [3.63, 3.8) is 0 Å². The zero-order chi connectivity index (χ0) is 18.4. The van der Waals surface area contributed by atoms with E-state index < -0.39 is 12.1 Å². The summed E-state index contributed by atoms with van der Waals surface area (Å²) in [7, 11) is 0. The van der Waals surface area contributed by atoms with Crippen molar-refractivity contribution in [3.05, 3.63) is 33.3 Å². The molecular weight excluding hydrogens is 387 g/mol. The highest BCUT2D eigenvalue weighted by molar-refractivity contribution is 6.55. The van der Waals surface area contributed by atoms with Gasteiger partial charge in [0, 0.05) is 11.6 Å². The lowest BCUT2D eigenvalue weighted by molar-refractivity contribution is -0.149. The zero-order valence-electron chi connectivity index (χ0n) is 13.5. The maximum atomic E-state index is 12.6. The summed E-state index contributed by atoms with van der Waals surface area (Å²) in [6.07, 6.45) is 6.28. The van der Waals surface area contributed by atoms with Crippen LogP contribution in [0.25, 0.3) is 0 Å². The summed E-state index contributed by atoms with van der Waals surface area (Å²) in [4.78, 5) is 12.6. The van der Waals surface area contributed by atoms with E-state index in [1.54, 1.807) is 18.2 Å². The molecule has 132 valence electrons. The molecule has 0 spiro atoms. The van der Waals surface area contributed by atoms with E-state index in [0.717, 1.165) is 0 Å². The van der Waals surface area contributed by atoms with Gasteiger partial charge >= 0.3 is 5.97 Å². The van der Waals surface area contributed by atoms with Crippen LogP contribution in [0, 0.1) is 29.6 Å². The van der Waals surface area contributed by atoms with E-state index in [-0.39, 0.29) is 28.5 Å². The Labute approximate surface area is 161 Å². The second kappa shape index (κ2) is 6.64. The van der Waals surface area contributed by atoms with Crippen molar-refractivity contribution in [2.75, 3.05) is 6.79 Å². The van der Waals surface area contributed by atoms with E-state index in [1.807, 2.05) is 13.8 Å². The Morgan fingerprint density at radius 1 is 1.40 bits per heavy atom. The van der Waals surface area contributed by atoms with Crippen molar-refractivity contribution >= 4 is 40.8 Å². The van der Waals surface area contributed by atoms with Crippen molar-refractivity contribution in [1.29, 1.82) is 0 Å². The predicted octanol–water partition coefficient (Wildman–Crippen LogP) is 4.88. The molecule has 0 amide bonds. The molecule has 1 aliphatic carbocycles. The van der Waals surface area contributed by atoms with Gasteiger partial charge in [-0.05, 0) is 23.5 Å². The van der Waals surface area contributed by atoms with Gasteiger partial charge in [-0.1, -0.05) is 54.6 Å². The highest BCUT2D eigenvalue weighted by Crippen LogP contribution is 2.60. The third kappa shape index (κ3) is 3.42. The summed E-state index contributed by atoms with van der Waals surface area (Å²) >= 11 is 17.7. The number of allylic oxidation sites excluding steroid dienone is 1. The maximum absolute atomic E-state index is 12.6. The molecule has 3 rings (SSSR count). The van der Waals surface area contributed by atoms with E-state index >= 15 is 0 Å². The SMILES string of the molecule is C#CC(OC(=O)C1C(C=C(Cl)Cl)C1(C)C)c1cc2c(cc1Cl)OCO2. The molecule has 7 heteroatoms. The van der Waals surface area contributed by atoms with Crippen LogP contribution in [0.5, 0.6) is 11.5 Å². The fourth-order valence-electron chi connectivity index (χ4n) is 3.09. The number of hydrogen-bond acceptors (Lipinski definition) is 4. The highest BCUT2D eigenvalue weighted by atomic mass is 35.5. The van der Waals surface area contributed by atoms with Crippen LogP contribution in [-0.2, 0) is 9.53 Å². The normalized spacial score (nSPS) is 23.4. The van der Waals surface area contributed by atoms with E-state index in [0.29, 0.717) is 22.1 Å². The molecule has 3 atom stereocenters. The van der Waals surface area contributed by atoms with Crippen molar-refractivity contribution in [1.82, 2.24) is 0 Å². The molecule has 2 aliphatic rings. The van der Waals surface area contributed by atoms with Gasteiger partial charge < -0.3 is 14.2 Å². The minimum Gasteiger partial charge on any atom is -0.454 e. The Balaban J connectivity index is 1.79. The third-order valence-electron chi connectivity index (χ3n) is 4.63. The topological polar surface area (TPSA) is 44.8 Å². The van der Waals surface area contributed by atoms with Gasteiger partial charge in [0.2, 0.25) is 6.79 Å². The van der Waals surface area contributed by atoms with Crippen LogP contribution in [0.2, 0.25) is 5.02 Å². The van der Waals surface area contributed by atoms with Crippen LogP contribution < -0.4 is 9.47 Å². The molecule has 0 radical (unpaired) electrons. The number of fused-ring (bicyclic) bond motifs is 1. The Kier molecular flexibility index (Phi) is 4.85. The summed E-state index contributed by atoms with van der Waals surface area (Å²) in [5, 5.41) is 0.343. The fraction of sp³-hybridized carbons (Fsp3) is 0.389. The molecule has 1 aromatic carbocycles. The lowest BCUT2D eigenvalue weighted by atomic mass is 10.1. The molecule has 4 nitrogen and oxygen atoms in total. The van der Waals surface area contributed by atoms with E-state index in [1.165, 1.54) is 0 Å². The van der Waals surface area contributed by atoms with Crippen LogP contribution >= 0.6 is 34.8 Å². The molecule has 0 saturated heterocycles. The average Bonchev–Trinajstić information content (AvgIpc) is 2.86. The molecular formula is C18H15Cl3O4. The monoisotopic (exact) mass is 400 g/mol. The van der Waals surface area contributed by atoms with E-state index in [9.17, 15) is 4.79 Å². The van der Waals surface area contributed by atoms with Gasteiger partial charge in [0.25, 0.3) is 0 Å². The van der Waals surface area contributed by atoms with Gasteiger partial charge in [-0.3, -0.25) is 4.79 Å². The van der Waals surface area contributed by atoms with E-state index in [4.69, 9.17) is 55.4 Å². The molecule has 1 fully saturated rings. The summed E-state index contributed by atoms with van der Waals surface area (Å²) in [6, 6.07) is 3.23. The van der Waals surface area contributed by atoms with Crippen LogP contribution in [0.3, 0.4) is 0 Å². The van der Waals surface area contributed by atoms with Crippen molar-refractivity contribution in [2.24, 2.45) is 17.3 Å². The van der Waals surface area contributed by atoms with Gasteiger partial charge in [0.15, 0.2) is 17.6 Å². The number of carbonyl (C=O) groups is 1. The Hall–Kier alpha value is -1.54. The lowest BCUT2D eigenvalue weighted by Crippen LogP contribution is -2.15. The summed E-state index contributed by atoms with van der Waals surface area (Å²) in [5.41, 5.74) is 0.173. The minimum absolute atomic E-state index is 0.101. The highest BCUT2D eigenvalue weighted by Gasteiger charge is 2.62. The summed E-state index contributed by atoms with van der Waals surface area (Å²) in [6.45, 7) is 3.99. The molecule has 1 saturated carbocycles.